The van der Waals surface area contributed by atoms with Crippen molar-refractivity contribution in [1.82, 2.24) is 4.98 Å². The van der Waals surface area contributed by atoms with Gasteiger partial charge in [-0.25, -0.2) is 19.6 Å². The highest BCUT2D eigenvalue weighted by atomic mass is 32.1. The Morgan fingerprint density at radius 2 is 0.990 bits per heavy atom. The number of hydrogen-bond acceptors (Lipinski definition) is 18. The van der Waals surface area contributed by atoms with Gasteiger partial charge in [0.2, 0.25) is 5.13 Å². The molecule has 18 heteroatoms. The van der Waals surface area contributed by atoms with Crippen LogP contribution >= 0.6 is 11.3 Å². The van der Waals surface area contributed by atoms with Gasteiger partial charge in [0, 0.05) is 30.9 Å². The minimum absolute atomic E-state index is 0.0359. The number of carbonyl (C=O) groups excluding carboxylic acids is 4. The monoisotopic (exact) mass is 1380 g/mol. The zero-order valence-electron chi connectivity index (χ0n) is 57.9. The molecule has 7 aromatic rings. The van der Waals surface area contributed by atoms with Crippen LogP contribution in [0.15, 0.2) is 182 Å². The summed E-state index contributed by atoms with van der Waals surface area (Å²) in [6.45, 7) is 10.4. The van der Waals surface area contributed by atoms with E-state index in [4.69, 9.17) is 57.8 Å². The van der Waals surface area contributed by atoms with Crippen LogP contribution in [0.5, 0.6) is 34.5 Å². The first-order valence-corrected chi connectivity index (χ1v) is 36.9. The van der Waals surface area contributed by atoms with Crippen molar-refractivity contribution in [3.63, 3.8) is 0 Å². The molecule has 0 aliphatic heterocycles. The molecule has 0 saturated heterocycles. The van der Waals surface area contributed by atoms with Gasteiger partial charge in [0.25, 0.3) is 0 Å². The second kappa shape index (κ2) is 43.0. The largest absolute Gasteiger partial charge is 0.494 e. The van der Waals surface area contributed by atoms with Crippen molar-refractivity contribution in [1.29, 1.82) is 0 Å². The lowest BCUT2D eigenvalue weighted by molar-refractivity contribution is -0.218. The van der Waals surface area contributed by atoms with Crippen molar-refractivity contribution in [2.45, 2.75) is 166 Å². The smallest absolute Gasteiger partial charge is 0.330 e. The van der Waals surface area contributed by atoms with Crippen molar-refractivity contribution >= 4 is 56.8 Å². The number of esters is 4. The maximum absolute atomic E-state index is 13.9. The van der Waals surface area contributed by atoms with E-state index in [1.165, 1.54) is 36.1 Å². The third kappa shape index (κ3) is 26.4. The van der Waals surface area contributed by atoms with E-state index >= 15 is 0 Å². The zero-order chi connectivity index (χ0) is 69.6. The van der Waals surface area contributed by atoms with E-state index in [0.29, 0.717) is 113 Å². The van der Waals surface area contributed by atoms with E-state index < -0.39 is 11.9 Å². The van der Waals surface area contributed by atoms with Gasteiger partial charge >= 0.3 is 23.9 Å². The minimum atomic E-state index is -0.400. The Balaban J connectivity index is 0.756. The number of rotatable bonds is 45. The number of thiazole rings is 1. The summed E-state index contributed by atoms with van der Waals surface area (Å²) in [4.78, 5) is 66.9. The van der Waals surface area contributed by atoms with E-state index in [0.717, 1.165) is 130 Å². The second-order valence-electron chi connectivity index (χ2n) is 25.7. The lowest BCUT2D eigenvalue weighted by Crippen LogP contribution is -2.30. The highest BCUT2D eigenvalue weighted by Gasteiger charge is 2.31. The van der Waals surface area contributed by atoms with Crippen molar-refractivity contribution < 1.29 is 66.8 Å². The van der Waals surface area contributed by atoms with E-state index in [9.17, 15) is 19.2 Å². The quantitative estimate of drug-likeness (QED) is 0.00666. The Labute approximate surface area is 594 Å². The summed E-state index contributed by atoms with van der Waals surface area (Å²) in [7, 11) is 0. The number of unbranched alkanes of at least 4 members (excludes halogenated alkanes) is 13. The molecule has 9 rings (SSSR count). The summed E-state index contributed by atoms with van der Waals surface area (Å²) in [5, 5.41) is 7.84. The summed E-state index contributed by atoms with van der Waals surface area (Å²) in [6.07, 6.45) is 25.4. The average molecular weight is 1380 g/mol. The predicted octanol–water partition coefficient (Wildman–Crippen LogP) is 18.7. The summed E-state index contributed by atoms with van der Waals surface area (Å²) in [5.41, 5.74) is 3.81. The Morgan fingerprint density at radius 1 is 0.510 bits per heavy atom. The maximum Gasteiger partial charge on any atom is 0.330 e. The number of hydrogen-bond donors (Lipinski definition) is 0. The molecule has 2 saturated carbocycles. The molecule has 532 valence electrons. The molecule has 2 aliphatic carbocycles. The van der Waals surface area contributed by atoms with Gasteiger partial charge < -0.3 is 42.8 Å². The number of carbonyl (C=O) groups is 4. The van der Waals surface area contributed by atoms with Crippen LogP contribution in [0.3, 0.4) is 0 Å². The van der Waals surface area contributed by atoms with E-state index in [-0.39, 0.29) is 41.9 Å². The van der Waals surface area contributed by atoms with Gasteiger partial charge in [-0.05, 0) is 211 Å². The summed E-state index contributed by atoms with van der Waals surface area (Å²) < 4.78 is 47.8. The van der Waals surface area contributed by atoms with Crippen LogP contribution in [0.4, 0.5) is 5.13 Å². The zero-order valence-corrected chi connectivity index (χ0v) is 58.7. The molecule has 100 heavy (non-hydrogen) atoms. The number of ether oxygens (including phenoxy) is 8. The lowest BCUT2D eigenvalue weighted by atomic mass is 9.82. The Morgan fingerprint density at radius 3 is 1.56 bits per heavy atom. The first kappa shape index (κ1) is 75.4. The van der Waals surface area contributed by atoms with Crippen LogP contribution in [0.25, 0.3) is 10.2 Å². The Kier molecular flexibility index (Phi) is 32.4. The molecule has 0 unspecified atom stereocenters. The van der Waals surface area contributed by atoms with Gasteiger partial charge in [-0.3, -0.25) is 9.59 Å². The molecule has 0 radical (unpaired) electrons. The Hall–Kier alpha value is -8.84. The topological polar surface area (TPSA) is 189 Å². The molecule has 1 heterocycles. The van der Waals surface area contributed by atoms with E-state index in [1.807, 2.05) is 71.7 Å². The third-order valence-electron chi connectivity index (χ3n) is 18.0. The number of fused-ring (bicyclic) bond motifs is 1. The lowest BCUT2D eigenvalue weighted by Gasteiger charge is -2.28. The molecule has 2 fully saturated rings. The minimum Gasteiger partial charge on any atom is -0.494 e. The number of para-hydroxylation sites is 1. The number of nitrogens with zero attached hydrogens (tertiary/aromatic N) is 3. The maximum atomic E-state index is 13.9. The van der Waals surface area contributed by atoms with Gasteiger partial charge in [-0.1, -0.05) is 136 Å². The first-order valence-electron chi connectivity index (χ1n) is 36.1. The fourth-order valence-electron chi connectivity index (χ4n) is 12.3. The molecule has 6 aromatic carbocycles. The summed E-state index contributed by atoms with van der Waals surface area (Å²) >= 11 is 1.59. The third-order valence-corrected chi connectivity index (χ3v) is 19.1. The van der Waals surface area contributed by atoms with Crippen LogP contribution < -0.4 is 33.6 Å². The number of anilines is 1. The molecular weight excluding hydrogens is 1280 g/mol. The predicted molar refractivity (Wildman–Crippen MR) is 391 cm³/mol. The molecule has 1 aromatic heterocycles. The van der Waals surface area contributed by atoms with Gasteiger partial charge in [0.1, 0.15) is 34.9 Å². The number of aromatic nitrogens is 1. The second-order valence-corrected chi connectivity index (χ2v) is 26.7. The highest BCUT2D eigenvalue weighted by molar-refractivity contribution is 7.22. The van der Waals surface area contributed by atoms with Gasteiger partial charge in [0.05, 0.1) is 67.4 Å². The molecular formula is C82H99N3O14S. The van der Waals surface area contributed by atoms with E-state index in [2.05, 4.69) is 67.8 Å². The number of benzene rings is 6. The van der Waals surface area contributed by atoms with Crippen molar-refractivity contribution in [3.05, 3.63) is 194 Å². The van der Waals surface area contributed by atoms with Crippen LogP contribution in [0.2, 0.25) is 0 Å². The first-order chi connectivity index (χ1) is 49.2. The fraction of sp³-hybridized carbons (Fsp3) is 0.439. The standard InChI is InChI=1S/C82H99N3O14S/c1-3-77(86)92-56-26-13-11-24-54-90-68-43-47-71(48-44-68)96-70-41-39-66(40-42-70)81(89)98-73-51-52-75(99-95-61-62-35-37-65(38-36-62)80(88)97-72-49-45-69(46-50-72)91-55-25-12-14-27-57-93-78(87)4-2)67(59-73)60-83-85(82-84-74-33-21-22-34-76(74)100-82)53-23-9-7-5-6-8-10-28-58-94-79(63-29-17-15-18-30-63)64-31-19-16-20-32-64/h3-4,15-22,29-34,43-52,59-60,62,65-66,70,79H,1-2,5-14,23-28,35-42,53-58,61H2/b83-60+. The van der Waals surface area contributed by atoms with Crippen molar-refractivity contribution in [3.8, 4) is 34.5 Å². The molecule has 0 bridgehead atoms. The molecule has 0 atom stereocenters. The van der Waals surface area contributed by atoms with Gasteiger partial charge in [0.15, 0.2) is 5.75 Å². The van der Waals surface area contributed by atoms with Crippen LogP contribution in [-0.4, -0.2) is 87.4 Å². The molecule has 2 aliphatic rings. The fourth-order valence-corrected chi connectivity index (χ4v) is 13.2. The van der Waals surface area contributed by atoms with Gasteiger partial charge in [-0.15, -0.1) is 0 Å². The molecule has 17 nitrogen and oxygen atoms in total. The highest BCUT2D eigenvalue weighted by Crippen LogP contribution is 2.35. The average Bonchev–Trinajstić information content (AvgIpc) is 1.62. The van der Waals surface area contributed by atoms with Crippen molar-refractivity contribution in [2.24, 2.45) is 22.9 Å². The van der Waals surface area contributed by atoms with Crippen LogP contribution in [-0.2, 0) is 38.3 Å². The summed E-state index contributed by atoms with van der Waals surface area (Å²) in [5.74, 6) is 1.78. The van der Waals surface area contributed by atoms with Crippen LogP contribution in [0.1, 0.15) is 177 Å². The SMILES string of the molecule is C=CC(=O)OCCCCCCOc1ccc(OC(=O)C2CCC(COOc3ccc(OC(=O)C4CCC(Oc5ccc(OCCCCCCOC(=O)C=C)cc5)CC4)cc3/C=N/N(CCCCCCCCCCOC(c3ccccc3)c3ccccc3)c3nc4ccccc4s3)CC2)cc1. The molecule has 0 spiro atoms. The molecule has 0 amide bonds. The number of hydrazone groups is 1. The van der Waals surface area contributed by atoms with Gasteiger partial charge in [-0.2, -0.15) is 9.99 Å². The van der Waals surface area contributed by atoms with Crippen molar-refractivity contribution in [2.75, 3.05) is 51.2 Å². The van der Waals surface area contributed by atoms with Crippen LogP contribution in [0, 0.1) is 17.8 Å². The Bertz CT molecular complexity index is 3520. The molecule has 0 N–H and O–H groups in total. The van der Waals surface area contributed by atoms with E-state index in [1.54, 1.807) is 47.9 Å². The normalized spacial score (nSPS) is 16.0. The summed E-state index contributed by atoms with van der Waals surface area (Å²) in [6, 6.07) is 49.1.